The second-order valence-corrected chi connectivity index (χ2v) is 10.2. The highest BCUT2D eigenvalue weighted by molar-refractivity contribution is 7.19. The summed E-state index contributed by atoms with van der Waals surface area (Å²) in [6, 6.07) is 4.72. The lowest BCUT2D eigenvalue weighted by molar-refractivity contribution is 0.0366. The van der Waals surface area contributed by atoms with Gasteiger partial charge in [-0.25, -0.2) is 14.2 Å². The number of nitrogens with zero attached hydrogens (tertiary/aromatic N) is 5. The van der Waals surface area contributed by atoms with Gasteiger partial charge in [-0.15, -0.1) is 11.3 Å². The van der Waals surface area contributed by atoms with E-state index in [9.17, 15) is 9.18 Å². The summed E-state index contributed by atoms with van der Waals surface area (Å²) in [5, 5.41) is 5.14. The van der Waals surface area contributed by atoms with E-state index in [2.05, 4.69) is 15.0 Å². The molecule has 0 aliphatic carbocycles. The summed E-state index contributed by atoms with van der Waals surface area (Å²) in [5.41, 5.74) is 1.93. The predicted molar refractivity (Wildman–Crippen MR) is 127 cm³/mol. The number of rotatable bonds is 5. The monoisotopic (exact) mass is 483 g/mol. The molecule has 0 amide bonds. The Kier molecular flexibility index (Phi) is 5.59. The summed E-state index contributed by atoms with van der Waals surface area (Å²) in [6.07, 6.45) is 4.64. The van der Waals surface area contributed by atoms with Crippen LogP contribution in [0.25, 0.3) is 15.9 Å². The van der Waals surface area contributed by atoms with Gasteiger partial charge in [-0.2, -0.15) is 9.61 Å². The summed E-state index contributed by atoms with van der Waals surface area (Å²) >= 11 is 1.62. The average Bonchev–Trinajstić information content (AvgIpc) is 3.48. The first-order valence-corrected chi connectivity index (χ1v) is 12.4. The summed E-state index contributed by atoms with van der Waals surface area (Å²) in [6.45, 7) is 4.65. The van der Waals surface area contributed by atoms with E-state index in [0.29, 0.717) is 22.9 Å². The lowest BCUT2D eigenvalue weighted by Crippen LogP contribution is -2.36. The SMILES string of the molecule is COc1ccc(Cn2c(=O)n3ncnc3c3c4c(sc32)CN(CC2CCCOC2)CC4)c(F)c1. The van der Waals surface area contributed by atoms with E-state index in [4.69, 9.17) is 9.47 Å². The molecule has 0 radical (unpaired) electrons. The van der Waals surface area contributed by atoms with Crippen molar-refractivity contribution >= 4 is 27.2 Å². The molecule has 6 rings (SSSR count). The largest absolute Gasteiger partial charge is 0.497 e. The number of aromatic nitrogens is 4. The first kappa shape index (κ1) is 21.7. The molecule has 10 heteroatoms. The number of benzene rings is 1. The van der Waals surface area contributed by atoms with Crippen LogP contribution in [0, 0.1) is 11.7 Å². The molecule has 4 aromatic rings. The van der Waals surface area contributed by atoms with E-state index in [1.807, 2.05) is 0 Å². The van der Waals surface area contributed by atoms with Gasteiger partial charge >= 0.3 is 5.69 Å². The molecule has 3 aromatic heterocycles. The van der Waals surface area contributed by atoms with E-state index in [1.165, 1.54) is 40.9 Å². The van der Waals surface area contributed by atoms with Crippen LogP contribution in [0.15, 0.2) is 29.3 Å². The summed E-state index contributed by atoms with van der Waals surface area (Å²) < 4.78 is 28.5. The fourth-order valence-electron chi connectivity index (χ4n) is 5.18. The van der Waals surface area contributed by atoms with Crippen LogP contribution in [0.3, 0.4) is 0 Å². The van der Waals surface area contributed by atoms with Crippen molar-refractivity contribution in [1.29, 1.82) is 0 Å². The number of ether oxygens (including phenoxy) is 2. The highest BCUT2D eigenvalue weighted by Crippen LogP contribution is 2.37. The number of methoxy groups -OCH3 is 1. The van der Waals surface area contributed by atoms with Crippen molar-refractivity contribution in [3.05, 3.63) is 56.8 Å². The van der Waals surface area contributed by atoms with Gasteiger partial charge in [0.2, 0.25) is 0 Å². The molecule has 8 nitrogen and oxygen atoms in total. The quantitative estimate of drug-likeness (QED) is 0.434. The van der Waals surface area contributed by atoms with Crippen molar-refractivity contribution in [2.45, 2.75) is 32.4 Å². The molecule has 1 fully saturated rings. The van der Waals surface area contributed by atoms with Crippen molar-refractivity contribution in [3.63, 3.8) is 0 Å². The highest BCUT2D eigenvalue weighted by Gasteiger charge is 2.28. The molecule has 0 N–H and O–H groups in total. The van der Waals surface area contributed by atoms with Gasteiger partial charge in [-0.05, 0) is 36.8 Å². The smallest absolute Gasteiger partial charge is 0.352 e. The van der Waals surface area contributed by atoms with Crippen LogP contribution in [0.2, 0.25) is 0 Å². The van der Waals surface area contributed by atoms with Crippen LogP contribution in [0.5, 0.6) is 5.75 Å². The number of hydrogen-bond donors (Lipinski definition) is 0. The number of thiophene rings is 1. The van der Waals surface area contributed by atoms with Gasteiger partial charge in [-0.3, -0.25) is 9.47 Å². The van der Waals surface area contributed by atoms with Crippen molar-refractivity contribution < 1.29 is 13.9 Å². The van der Waals surface area contributed by atoms with Crippen molar-refractivity contribution in [2.24, 2.45) is 5.92 Å². The molecule has 2 aliphatic rings. The molecule has 178 valence electrons. The van der Waals surface area contributed by atoms with Gasteiger partial charge < -0.3 is 9.47 Å². The lowest BCUT2D eigenvalue weighted by atomic mass is 9.99. The van der Waals surface area contributed by atoms with E-state index in [0.717, 1.165) is 55.9 Å². The van der Waals surface area contributed by atoms with Crippen molar-refractivity contribution in [3.8, 4) is 5.75 Å². The zero-order valence-electron chi connectivity index (χ0n) is 19.0. The molecule has 1 unspecified atom stereocenters. The minimum atomic E-state index is -0.403. The summed E-state index contributed by atoms with van der Waals surface area (Å²) in [4.78, 5) is 22.3. The standard InChI is InChI=1S/C24H26FN5O3S/c1-32-17-5-4-16(19(25)9-17)11-29-23-21(22-26-14-27-30(22)24(29)31)18-6-7-28(12-20(18)34-23)10-15-3-2-8-33-13-15/h4-5,9,14-15H,2-3,6-8,10-13H2,1H3. The normalized spacial score (nSPS) is 19.1. The third-order valence-electron chi connectivity index (χ3n) is 6.91. The number of fused-ring (bicyclic) bond motifs is 5. The topological polar surface area (TPSA) is 73.9 Å². The molecular formula is C24H26FN5O3S. The van der Waals surface area contributed by atoms with Gasteiger partial charge in [0.15, 0.2) is 5.65 Å². The summed E-state index contributed by atoms with van der Waals surface area (Å²) in [7, 11) is 1.50. The Hall–Kier alpha value is -2.82. The van der Waals surface area contributed by atoms with Crippen LogP contribution in [0.1, 0.15) is 28.8 Å². The van der Waals surface area contributed by atoms with Crippen LogP contribution in [0.4, 0.5) is 4.39 Å². The molecule has 1 atom stereocenters. The molecule has 1 aromatic carbocycles. The Morgan fingerprint density at radius 2 is 2.26 bits per heavy atom. The fraction of sp³-hybridized carbons (Fsp3) is 0.458. The maximum atomic E-state index is 14.8. The Balaban J connectivity index is 1.41. The molecular weight excluding hydrogens is 457 g/mol. The van der Waals surface area contributed by atoms with E-state index >= 15 is 0 Å². The third kappa shape index (κ3) is 3.70. The second kappa shape index (κ2) is 8.75. The molecule has 1 saturated heterocycles. The molecule has 0 bridgehead atoms. The third-order valence-corrected chi connectivity index (χ3v) is 8.15. The minimum absolute atomic E-state index is 0.115. The zero-order valence-corrected chi connectivity index (χ0v) is 19.8. The molecule has 0 saturated carbocycles. The summed E-state index contributed by atoms with van der Waals surface area (Å²) in [5.74, 6) is 0.616. The zero-order chi connectivity index (χ0) is 23.2. The molecule has 2 aliphatic heterocycles. The van der Waals surface area contributed by atoms with Gasteiger partial charge in [-0.1, -0.05) is 6.07 Å². The Morgan fingerprint density at radius 1 is 1.35 bits per heavy atom. The minimum Gasteiger partial charge on any atom is -0.497 e. The van der Waals surface area contributed by atoms with Gasteiger partial charge in [0.25, 0.3) is 0 Å². The van der Waals surface area contributed by atoms with E-state index in [-0.39, 0.29) is 12.2 Å². The number of halogens is 1. The maximum absolute atomic E-state index is 14.8. The van der Waals surface area contributed by atoms with Crippen LogP contribution in [-0.2, 0) is 24.2 Å². The van der Waals surface area contributed by atoms with Gasteiger partial charge in [0, 0.05) is 42.7 Å². The Morgan fingerprint density at radius 3 is 3.06 bits per heavy atom. The van der Waals surface area contributed by atoms with E-state index < -0.39 is 5.82 Å². The lowest BCUT2D eigenvalue weighted by Gasteiger charge is -2.32. The van der Waals surface area contributed by atoms with Crippen molar-refractivity contribution in [2.75, 3.05) is 33.4 Å². The van der Waals surface area contributed by atoms with Crippen LogP contribution >= 0.6 is 11.3 Å². The van der Waals surface area contributed by atoms with E-state index in [1.54, 1.807) is 28.0 Å². The predicted octanol–water partition coefficient (Wildman–Crippen LogP) is 3.09. The molecule has 5 heterocycles. The number of hydrogen-bond acceptors (Lipinski definition) is 7. The highest BCUT2D eigenvalue weighted by atomic mass is 32.1. The average molecular weight is 484 g/mol. The van der Waals surface area contributed by atoms with Crippen LogP contribution in [-0.4, -0.2) is 57.5 Å². The first-order valence-electron chi connectivity index (χ1n) is 11.6. The van der Waals surface area contributed by atoms with Crippen molar-refractivity contribution in [1.82, 2.24) is 24.1 Å². The Bertz CT molecular complexity index is 1420. The fourth-order valence-corrected chi connectivity index (χ4v) is 6.56. The molecule has 34 heavy (non-hydrogen) atoms. The Labute approximate surface area is 199 Å². The maximum Gasteiger partial charge on any atom is 0.352 e. The molecule has 0 spiro atoms. The van der Waals surface area contributed by atoms with Gasteiger partial charge in [0.05, 0.1) is 25.6 Å². The second-order valence-electron chi connectivity index (χ2n) is 9.07. The first-order chi connectivity index (χ1) is 16.6. The van der Waals surface area contributed by atoms with Gasteiger partial charge in [0.1, 0.15) is 22.7 Å². The van der Waals surface area contributed by atoms with Crippen LogP contribution < -0.4 is 10.4 Å².